The summed E-state index contributed by atoms with van der Waals surface area (Å²) in [5.74, 6) is 0. The molecule has 3 nitrogen and oxygen atoms in total. The Morgan fingerprint density at radius 2 is 2.33 bits per heavy atom. The number of aromatic nitrogens is 1. The quantitative estimate of drug-likeness (QED) is 0.695. The fourth-order valence-electron chi connectivity index (χ4n) is 1.35. The molecule has 1 aromatic rings. The van der Waals surface area contributed by atoms with Crippen LogP contribution in [0, 0.1) is 0 Å². The van der Waals surface area contributed by atoms with Gasteiger partial charge in [0.1, 0.15) is 0 Å². The maximum atomic E-state index is 5.95. The molecule has 12 heavy (non-hydrogen) atoms. The lowest BCUT2D eigenvalue weighted by atomic mass is 10.1. The first-order chi connectivity index (χ1) is 5.75. The molecule has 0 aliphatic heterocycles. The van der Waals surface area contributed by atoms with E-state index < -0.39 is 0 Å². The molecule has 0 aliphatic carbocycles. The molecular weight excluding hydrogens is 150 g/mol. The van der Waals surface area contributed by atoms with Crippen LogP contribution in [0.25, 0.3) is 0 Å². The lowest BCUT2D eigenvalue weighted by Crippen LogP contribution is -2.15. The van der Waals surface area contributed by atoms with Gasteiger partial charge in [-0.2, -0.15) is 0 Å². The van der Waals surface area contributed by atoms with Crippen LogP contribution in [0.3, 0.4) is 0 Å². The first-order valence-corrected chi connectivity index (χ1v) is 4.32. The first kappa shape index (κ1) is 9.29. The summed E-state index contributed by atoms with van der Waals surface area (Å²) in [6, 6.07) is 4.20. The minimum Gasteiger partial charge on any atom is -0.353 e. The number of nitrogens with zero attached hydrogens (tertiary/aromatic N) is 1. The van der Waals surface area contributed by atoms with E-state index >= 15 is 0 Å². The molecule has 1 atom stereocenters. The predicted octanol–water partition coefficient (Wildman–Crippen LogP) is 0.764. The maximum absolute atomic E-state index is 5.95. The van der Waals surface area contributed by atoms with Crippen LogP contribution in [0.15, 0.2) is 18.3 Å². The lowest BCUT2D eigenvalue weighted by Gasteiger charge is -2.11. The Kier molecular flexibility index (Phi) is 3.31. The molecule has 0 saturated carbocycles. The van der Waals surface area contributed by atoms with E-state index in [2.05, 4.69) is 10.6 Å². The van der Waals surface area contributed by atoms with Crippen molar-refractivity contribution in [3.63, 3.8) is 0 Å². The standard InChI is InChI=1S/C9H17N3/c1-12-7-3-5-9(12)8(11)4-2-6-10/h3,5,7-8H,2,4,6,10-11H2,1H3/t8-/m1/s1. The Morgan fingerprint density at radius 3 is 2.83 bits per heavy atom. The van der Waals surface area contributed by atoms with E-state index in [1.54, 1.807) is 0 Å². The van der Waals surface area contributed by atoms with Crippen molar-refractivity contribution in [1.82, 2.24) is 4.57 Å². The zero-order valence-corrected chi connectivity index (χ0v) is 7.53. The molecule has 3 heteroatoms. The largest absolute Gasteiger partial charge is 0.353 e. The normalized spacial score (nSPS) is 13.2. The van der Waals surface area contributed by atoms with Gasteiger partial charge in [-0.3, -0.25) is 0 Å². The highest BCUT2D eigenvalue weighted by molar-refractivity contribution is 5.10. The van der Waals surface area contributed by atoms with E-state index in [1.165, 1.54) is 5.69 Å². The van der Waals surface area contributed by atoms with Crippen molar-refractivity contribution in [3.05, 3.63) is 24.0 Å². The fraction of sp³-hybridized carbons (Fsp3) is 0.556. The third-order valence-electron chi connectivity index (χ3n) is 2.08. The third kappa shape index (κ3) is 2.09. The number of nitrogens with two attached hydrogens (primary N) is 2. The van der Waals surface area contributed by atoms with Crippen molar-refractivity contribution >= 4 is 0 Å². The number of hydrogen-bond donors (Lipinski definition) is 2. The van der Waals surface area contributed by atoms with Crippen molar-refractivity contribution < 1.29 is 0 Å². The van der Waals surface area contributed by atoms with Gasteiger partial charge in [-0.25, -0.2) is 0 Å². The fourth-order valence-corrected chi connectivity index (χ4v) is 1.35. The Bertz CT molecular complexity index is 229. The summed E-state index contributed by atoms with van der Waals surface area (Å²) < 4.78 is 2.06. The molecule has 0 spiro atoms. The summed E-state index contributed by atoms with van der Waals surface area (Å²) in [6.07, 6.45) is 3.97. The van der Waals surface area contributed by atoms with Gasteiger partial charge in [-0.05, 0) is 31.5 Å². The summed E-state index contributed by atoms with van der Waals surface area (Å²) in [4.78, 5) is 0. The van der Waals surface area contributed by atoms with Crippen molar-refractivity contribution in [1.29, 1.82) is 0 Å². The van der Waals surface area contributed by atoms with Gasteiger partial charge in [0.2, 0.25) is 0 Å². The van der Waals surface area contributed by atoms with Gasteiger partial charge in [0.25, 0.3) is 0 Å². The van der Waals surface area contributed by atoms with Crippen LogP contribution >= 0.6 is 0 Å². The highest BCUT2D eigenvalue weighted by Gasteiger charge is 2.07. The van der Waals surface area contributed by atoms with Gasteiger partial charge in [0, 0.05) is 25.0 Å². The molecule has 1 aromatic heterocycles. The molecule has 1 rings (SSSR count). The summed E-state index contributed by atoms with van der Waals surface area (Å²) in [5.41, 5.74) is 12.5. The monoisotopic (exact) mass is 167 g/mol. The molecule has 0 saturated heterocycles. The Labute approximate surface area is 73.4 Å². The van der Waals surface area contributed by atoms with Crippen LogP contribution in [0.5, 0.6) is 0 Å². The molecule has 0 aromatic carbocycles. The number of hydrogen-bond acceptors (Lipinski definition) is 2. The summed E-state index contributed by atoms with van der Waals surface area (Å²) in [6.45, 7) is 0.720. The second-order valence-electron chi connectivity index (χ2n) is 3.08. The molecule has 0 radical (unpaired) electrons. The third-order valence-corrected chi connectivity index (χ3v) is 2.08. The first-order valence-electron chi connectivity index (χ1n) is 4.32. The van der Waals surface area contributed by atoms with Gasteiger partial charge in [-0.1, -0.05) is 0 Å². The highest BCUT2D eigenvalue weighted by atomic mass is 14.9. The molecule has 0 bridgehead atoms. The second-order valence-corrected chi connectivity index (χ2v) is 3.08. The van der Waals surface area contributed by atoms with Crippen molar-refractivity contribution in [2.24, 2.45) is 18.5 Å². The van der Waals surface area contributed by atoms with Crippen LogP contribution in [-0.4, -0.2) is 11.1 Å². The van der Waals surface area contributed by atoms with Gasteiger partial charge in [-0.15, -0.1) is 0 Å². The summed E-state index contributed by atoms with van der Waals surface area (Å²) >= 11 is 0. The van der Waals surface area contributed by atoms with E-state index in [0.29, 0.717) is 0 Å². The van der Waals surface area contributed by atoms with Gasteiger partial charge in [0.15, 0.2) is 0 Å². The van der Waals surface area contributed by atoms with Crippen molar-refractivity contribution in [2.75, 3.05) is 6.54 Å². The van der Waals surface area contributed by atoms with E-state index in [4.69, 9.17) is 11.5 Å². The molecule has 4 N–H and O–H groups in total. The zero-order chi connectivity index (χ0) is 8.97. The van der Waals surface area contributed by atoms with E-state index in [-0.39, 0.29) is 6.04 Å². The zero-order valence-electron chi connectivity index (χ0n) is 7.53. The molecule has 0 unspecified atom stereocenters. The molecule has 0 fully saturated rings. The average molecular weight is 167 g/mol. The van der Waals surface area contributed by atoms with Crippen LogP contribution in [0.2, 0.25) is 0 Å². The number of aryl methyl sites for hydroxylation is 1. The maximum Gasteiger partial charge on any atom is 0.0450 e. The van der Waals surface area contributed by atoms with Crippen LogP contribution < -0.4 is 11.5 Å². The Balaban J connectivity index is 2.52. The molecular formula is C9H17N3. The minimum atomic E-state index is 0.133. The van der Waals surface area contributed by atoms with Gasteiger partial charge < -0.3 is 16.0 Å². The number of rotatable bonds is 4. The Morgan fingerprint density at radius 1 is 1.58 bits per heavy atom. The van der Waals surface area contributed by atoms with Gasteiger partial charge in [0.05, 0.1) is 0 Å². The van der Waals surface area contributed by atoms with Crippen LogP contribution in [-0.2, 0) is 7.05 Å². The average Bonchev–Trinajstić information content (AvgIpc) is 2.47. The summed E-state index contributed by atoms with van der Waals surface area (Å²) in [5, 5.41) is 0. The van der Waals surface area contributed by atoms with Crippen molar-refractivity contribution in [3.8, 4) is 0 Å². The van der Waals surface area contributed by atoms with Crippen LogP contribution in [0.1, 0.15) is 24.6 Å². The van der Waals surface area contributed by atoms with Crippen LogP contribution in [0.4, 0.5) is 0 Å². The van der Waals surface area contributed by atoms with Crippen molar-refractivity contribution in [2.45, 2.75) is 18.9 Å². The van der Waals surface area contributed by atoms with E-state index in [1.807, 2.05) is 19.3 Å². The Hall–Kier alpha value is -0.800. The highest BCUT2D eigenvalue weighted by Crippen LogP contribution is 2.14. The SMILES string of the molecule is Cn1cccc1[C@H](N)CCCN. The lowest BCUT2D eigenvalue weighted by molar-refractivity contribution is 0.583. The van der Waals surface area contributed by atoms with E-state index in [0.717, 1.165) is 19.4 Å². The molecule has 68 valence electrons. The summed E-state index contributed by atoms with van der Waals surface area (Å²) in [7, 11) is 2.01. The molecule has 0 aliphatic rings. The smallest absolute Gasteiger partial charge is 0.0450 e. The van der Waals surface area contributed by atoms with E-state index in [9.17, 15) is 0 Å². The molecule has 0 amide bonds. The minimum absolute atomic E-state index is 0.133. The molecule has 1 heterocycles. The predicted molar refractivity (Wildman–Crippen MR) is 50.6 cm³/mol. The van der Waals surface area contributed by atoms with Gasteiger partial charge >= 0.3 is 0 Å². The second kappa shape index (κ2) is 4.28. The topological polar surface area (TPSA) is 57.0 Å².